The second-order valence-electron chi connectivity index (χ2n) is 4.36. The van der Waals surface area contributed by atoms with Crippen molar-refractivity contribution in [2.45, 2.75) is 25.8 Å². The SMILES string of the molecule is CCN(C(=O)CCC(=O)O)C(C=Nc1cccnc1)C(=N)Cl. The van der Waals surface area contributed by atoms with Crippen LogP contribution in [0.5, 0.6) is 0 Å². The number of hydrogen-bond donors (Lipinski definition) is 2. The number of carboxylic acid groups (broad SMARTS) is 1. The Morgan fingerprint density at radius 1 is 1.55 bits per heavy atom. The Morgan fingerprint density at radius 2 is 2.27 bits per heavy atom. The quantitative estimate of drug-likeness (QED) is 0.714. The van der Waals surface area contributed by atoms with Crippen LogP contribution in [0.15, 0.2) is 29.5 Å². The molecule has 1 heterocycles. The first-order chi connectivity index (χ1) is 10.5. The summed E-state index contributed by atoms with van der Waals surface area (Å²) in [4.78, 5) is 32.0. The monoisotopic (exact) mass is 324 g/mol. The zero-order valence-corrected chi connectivity index (χ0v) is 12.8. The van der Waals surface area contributed by atoms with Crippen molar-refractivity contribution in [1.29, 1.82) is 5.41 Å². The predicted octanol–water partition coefficient (Wildman–Crippen LogP) is 2.08. The number of carbonyl (C=O) groups is 2. The van der Waals surface area contributed by atoms with Gasteiger partial charge < -0.3 is 10.0 Å². The number of carboxylic acids is 1. The molecule has 0 saturated heterocycles. The minimum absolute atomic E-state index is 0.148. The highest BCUT2D eigenvalue weighted by Crippen LogP contribution is 2.11. The Hall–Kier alpha value is -2.28. The summed E-state index contributed by atoms with van der Waals surface area (Å²) in [5.74, 6) is -1.44. The summed E-state index contributed by atoms with van der Waals surface area (Å²) in [7, 11) is 0. The average molecular weight is 325 g/mol. The maximum absolute atomic E-state index is 12.1. The molecular formula is C14H17ClN4O3. The summed E-state index contributed by atoms with van der Waals surface area (Å²) in [5, 5.41) is 16.0. The first-order valence-corrected chi connectivity index (χ1v) is 7.03. The molecule has 118 valence electrons. The highest BCUT2D eigenvalue weighted by molar-refractivity contribution is 6.67. The molecule has 0 saturated carbocycles. The van der Waals surface area contributed by atoms with E-state index in [9.17, 15) is 9.59 Å². The van der Waals surface area contributed by atoms with Crippen molar-refractivity contribution >= 4 is 40.6 Å². The van der Waals surface area contributed by atoms with E-state index in [-0.39, 0.29) is 24.6 Å². The third-order valence-electron chi connectivity index (χ3n) is 2.82. The van der Waals surface area contributed by atoms with E-state index in [0.717, 1.165) is 0 Å². The van der Waals surface area contributed by atoms with Gasteiger partial charge in [0.05, 0.1) is 18.3 Å². The lowest BCUT2D eigenvalue weighted by Crippen LogP contribution is -2.44. The molecule has 7 nitrogen and oxygen atoms in total. The lowest BCUT2D eigenvalue weighted by molar-refractivity contribution is -0.140. The van der Waals surface area contributed by atoms with E-state index < -0.39 is 17.9 Å². The van der Waals surface area contributed by atoms with E-state index in [4.69, 9.17) is 22.1 Å². The zero-order valence-electron chi connectivity index (χ0n) is 12.1. The number of hydrogen-bond acceptors (Lipinski definition) is 5. The molecule has 0 aromatic carbocycles. The van der Waals surface area contributed by atoms with E-state index in [1.54, 1.807) is 25.3 Å². The zero-order chi connectivity index (χ0) is 16.5. The minimum Gasteiger partial charge on any atom is -0.481 e. The van der Waals surface area contributed by atoms with Crippen LogP contribution in [0.3, 0.4) is 0 Å². The van der Waals surface area contributed by atoms with Crippen LogP contribution in [0.4, 0.5) is 5.69 Å². The molecule has 0 aliphatic heterocycles. The first kappa shape index (κ1) is 17.8. The number of aliphatic imine (C=N–C) groups is 1. The van der Waals surface area contributed by atoms with Crippen LogP contribution in [-0.2, 0) is 9.59 Å². The number of rotatable bonds is 8. The summed E-state index contributed by atoms with van der Waals surface area (Å²) in [6.07, 6.45) is 4.11. The molecule has 0 aliphatic carbocycles. The van der Waals surface area contributed by atoms with E-state index in [0.29, 0.717) is 5.69 Å². The Morgan fingerprint density at radius 3 is 2.77 bits per heavy atom. The fourth-order valence-electron chi connectivity index (χ4n) is 1.76. The van der Waals surface area contributed by atoms with Crippen LogP contribution in [0, 0.1) is 5.41 Å². The van der Waals surface area contributed by atoms with Crippen molar-refractivity contribution < 1.29 is 14.7 Å². The van der Waals surface area contributed by atoms with Crippen LogP contribution in [0.25, 0.3) is 0 Å². The summed E-state index contributed by atoms with van der Waals surface area (Å²) in [5.41, 5.74) is 0.569. The van der Waals surface area contributed by atoms with E-state index in [1.807, 2.05) is 0 Å². The van der Waals surface area contributed by atoms with Gasteiger partial charge in [-0.1, -0.05) is 11.6 Å². The fraction of sp³-hybridized carbons (Fsp3) is 0.357. The third kappa shape index (κ3) is 5.61. The van der Waals surface area contributed by atoms with Gasteiger partial charge in [-0.25, -0.2) is 0 Å². The molecular weight excluding hydrogens is 308 g/mol. The molecule has 2 N–H and O–H groups in total. The van der Waals surface area contributed by atoms with Gasteiger partial charge in [-0.15, -0.1) is 0 Å². The maximum Gasteiger partial charge on any atom is 0.303 e. The van der Waals surface area contributed by atoms with E-state index in [2.05, 4.69) is 9.98 Å². The van der Waals surface area contributed by atoms with Gasteiger partial charge in [0.1, 0.15) is 11.2 Å². The predicted molar refractivity (Wildman–Crippen MR) is 84.0 cm³/mol. The van der Waals surface area contributed by atoms with Crippen molar-refractivity contribution in [3.63, 3.8) is 0 Å². The Balaban J connectivity index is 2.87. The highest BCUT2D eigenvalue weighted by Gasteiger charge is 2.24. The van der Waals surface area contributed by atoms with Gasteiger partial charge in [0, 0.05) is 25.4 Å². The number of amides is 1. The molecule has 0 bridgehead atoms. The average Bonchev–Trinajstić information content (AvgIpc) is 2.49. The smallest absolute Gasteiger partial charge is 0.303 e. The molecule has 1 aromatic rings. The molecule has 1 atom stereocenters. The number of nitrogens with one attached hydrogen (secondary N) is 1. The van der Waals surface area contributed by atoms with Crippen LogP contribution in [-0.4, -0.2) is 50.8 Å². The number of pyridine rings is 1. The first-order valence-electron chi connectivity index (χ1n) is 6.65. The van der Waals surface area contributed by atoms with Gasteiger partial charge in [0.15, 0.2) is 0 Å². The third-order valence-corrected chi connectivity index (χ3v) is 3.04. The Bertz CT molecular complexity index is 562. The Kier molecular flexibility index (Phi) is 7.18. The van der Waals surface area contributed by atoms with Crippen LogP contribution in [0.2, 0.25) is 0 Å². The minimum atomic E-state index is -1.05. The second-order valence-corrected chi connectivity index (χ2v) is 4.76. The molecule has 1 aromatic heterocycles. The van der Waals surface area contributed by atoms with Gasteiger partial charge in [0.25, 0.3) is 0 Å². The highest BCUT2D eigenvalue weighted by atomic mass is 35.5. The molecule has 8 heteroatoms. The van der Waals surface area contributed by atoms with Crippen LogP contribution in [0.1, 0.15) is 19.8 Å². The molecule has 22 heavy (non-hydrogen) atoms. The fourth-order valence-corrected chi connectivity index (χ4v) is 1.93. The molecule has 0 spiro atoms. The normalized spacial score (nSPS) is 12.1. The summed E-state index contributed by atoms with van der Waals surface area (Å²) >= 11 is 5.76. The largest absolute Gasteiger partial charge is 0.481 e. The van der Waals surface area contributed by atoms with Gasteiger partial charge >= 0.3 is 5.97 Å². The molecule has 0 fully saturated rings. The molecule has 1 unspecified atom stereocenters. The van der Waals surface area contributed by atoms with Crippen LogP contribution >= 0.6 is 11.6 Å². The van der Waals surface area contributed by atoms with E-state index in [1.165, 1.54) is 17.3 Å². The van der Waals surface area contributed by atoms with Crippen LogP contribution < -0.4 is 0 Å². The number of halogens is 1. The lowest BCUT2D eigenvalue weighted by Gasteiger charge is -2.26. The Labute approximate surface area is 133 Å². The molecule has 0 radical (unpaired) electrons. The summed E-state index contributed by atoms with van der Waals surface area (Å²) < 4.78 is 0. The van der Waals surface area contributed by atoms with E-state index >= 15 is 0 Å². The molecule has 1 rings (SSSR count). The number of carbonyl (C=O) groups excluding carboxylic acids is 1. The van der Waals surface area contributed by atoms with Crippen molar-refractivity contribution in [3.05, 3.63) is 24.5 Å². The van der Waals surface area contributed by atoms with Crippen molar-refractivity contribution in [2.75, 3.05) is 6.54 Å². The van der Waals surface area contributed by atoms with Gasteiger partial charge in [-0.2, -0.15) is 0 Å². The standard InChI is InChI=1S/C14H17ClN4O3/c1-2-19(12(20)5-6-13(21)22)11(14(15)16)9-18-10-4-3-7-17-8-10/h3-4,7-9,11,16H,2,5-6H2,1H3,(H,21,22). The van der Waals surface area contributed by atoms with Crippen molar-refractivity contribution in [1.82, 2.24) is 9.88 Å². The second kappa shape index (κ2) is 8.89. The lowest BCUT2D eigenvalue weighted by atomic mass is 10.2. The number of aliphatic carboxylic acids is 1. The van der Waals surface area contributed by atoms with Crippen molar-refractivity contribution in [2.24, 2.45) is 4.99 Å². The molecule has 0 aliphatic rings. The number of nitrogens with zero attached hydrogens (tertiary/aromatic N) is 3. The topological polar surface area (TPSA) is 107 Å². The van der Waals surface area contributed by atoms with Gasteiger partial charge in [-0.05, 0) is 19.1 Å². The summed E-state index contributed by atoms with van der Waals surface area (Å²) in [6, 6.07) is 2.61. The van der Waals surface area contributed by atoms with Crippen molar-refractivity contribution in [3.8, 4) is 0 Å². The number of aromatic nitrogens is 1. The maximum atomic E-state index is 12.1. The molecule has 1 amide bonds. The summed E-state index contributed by atoms with van der Waals surface area (Å²) in [6.45, 7) is 2.01. The van der Waals surface area contributed by atoms with Gasteiger partial charge in [-0.3, -0.25) is 25.0 Å². The van der Waals surface area contributed by atoms with Gasteiger partial charge in [0.2, 0.25) is 5.91 Å².